The molecule has 29 heavy (non-hydrogen) atoms. The Kier molecular flexibility index (Phi) is 5.31. The Morgan fingerprint density at radius 2 is 2.10 bits per heavy atom. The van der Waals surface area contributed by atoms with Crippen molar-refractivity contribution in [1.29, 1.82) is 0 Å². The maximum atomic E-state index is 12.9. The lowest BCUT2D eigenvalue weighted by Crippen LogP contribution is -2.43. The smallest absolute Gasteiger partial charge is 0.415 e. The molecular weight excluding hydrogens is 368 g/mol. The number of fused-ring (bicyclic) bond motifs is 1. The molecule has 1 unspecified atom stereocenters. The highest BCUT2D eigenvalue weighted by Gasteiger charge is 2.32. The molecule has 2 aromatic carbocycles. The van der Waals surface area contributed by atoms with E-state index in [1.54, 1.807) is 30.0 Å². The van der Waals surface area contributed by atoms with Crippen LogP contribution in [0.15, 0.2) is 42.5 Å². The number of rotatable bonds is 4. The largest absolute Gasteiger partial charge is 0.507 e. The van der Waals surface area contributed by atoms with Crippen LogP contribution in [0.2, 0.25) is 0 Å². The van der Waals surface area contributed by atoms with E-state index in [2.05, 4.69) is 10.3 Å². The number of carbonyl (C=O) groups is 1. The van der Waals surface area contributed by atoms with Gasteiger partial charge in [-0.3, -0.25) is 4.90 Å². The van der Waals surface area contributed by atoms with E-state index in [1.807, 2.05) is 31.2 Å². The molecule has 4 rings (SSSR count). The van der Waals surface area contributed by atoms with E-state index in [0.29, 0.717) is 29.3 Å². The molecular formula is C22H24N4O3. The van der Waals surface area contributed by atoms with E-state index < -0.39 is 6.09 Å². The first-order chi connectivity index (χ1) is 14.1. The topological polar surface area (TPSA) is 87.6 Å². The molecule has 7 nitrogen and oxygen atoms in total. The average Bonchev–Trinajstić information content (AvgIpc) is 3.22. The summed E-state index contributed by atoms with van der Waals surface area (Å²) in [7, 11) is 0. The molecule has 0 aliphatic carbocycles. The zero-order valence-electron chi connectivity index (χ0n) is 16.6. The quantitative estimate of drug-likeness (QED) is 0.705. The summed E-state index contributed by atoms with van der Waals surface area (Å²) in [5.74, 6) is 0.965. The zero-order chi connectivity index (χ0) is 20.4. The van der Waals surface area contributed by atoms with Gasteiger partial charge in [-0.25, -0.2) is 14.8 Å². The first kappa shape index (κ1) is 19.1. The molecule has 7 heteroatoms. The van der Waals surface area contributed by atoms with Gasteiger partial charge in [0.05, 0.1) is 23.7 Å². The molecule has 0 spiro atoms. The van der Waals surface area contributed by atoms with Crippen molar-refractivity contribution in [1.82, 2.24) is 15.3 Å². The molecule has 0 radical (unpaired) electrons. The van der Waals surface area contributed by atoms with Gasteiger partial charge in [-0.2, -0.15) is 0 Å². The van der Waals surface area contributed by atoms with Crippen molar-refractivity contribution in [2.24, 2.45) is 0 Å². The van der Waals surface area contributed by atoms with Gasteiger partial charge in [0, 0.05) is 11.9 Å². The van der Waals surface area contributed by atoms with Crippen molar-refractivity contribution in [2.75, 3.05) is 24.6 Å². The Hall–Kier alpha value is -3.19. The van der Waals surface area contributed by atoms with Crippen LogP contribution in [0.5, 0.6) is 5.75 Å². The summed E-state index contributed by atoms with van der Waals surface area (Å²) in [6.45, 7) is 5.56. The third kappa shape index (κ3) is 3.73. The number of aryl methyl sites for hydroxylation is 1. The first-order valence-corrected chi connectivity index (χ1v) is 9.82. The summed E-state index contributed by atoms with van der Waals surface area (Å²) < 4.78 is 5.36. The molecule has 1 aliphatic heterocycles. The van der Waals surface area contributed by atoms with Crippen molar-refractivity contribution in [2.45, 2.75) is 26.3 Å². The fraction of sp³-hybridized carbons (Fsp3) is 0.318. The molecule has 1 amide bonds. The second-order valence-electron chi connectivity index (χ2n) is 7.12. The molecule has 1 fully saturated rings. The minimum Gasteiger partial charge on any atom is -0.507 e. The Balaban J connectivity index is 1.95. The molecule has 1 saturated heterocycles. The van der Waals surface area contributed by atoms with Crippen molar-refractivity contribution in [3.8, 4) is 17.1 Å². The highest BCUT2D eigenvalue weighted by atomic mass is 16.6. The SMILES string of the molecule is CCOC(=O)N(c1nc(-c2ccccc2O)nc2cc(C)ccc12)C1CCNC1. The van der Waals surface area contributed by atoms with Gasteiger partial charge in [-0.05, 0) is 56.6 Å². The number of phenols is 1. The van der Waals surface area contributed by atoms with Crippen LogP contribution < -0.4 is 10.2 Å². The second kappa shape index (κ2) is 8.05. The minimum atomic E-state index is -0.426. The summed E-state index contributed by atoms with van der Waals surface area (Å²) in [6, 6.07) is 12.7. The predicted molar refractivity (Wildman–Crippen MR) is 112 cm³/mol. The van der Waals surface area contributed by atoms with Crippen LogP contribution in [0.4, 0.5) is 10.6 Å². The average molecular weight is 392 g/mol. The number of nitrogens with one attached hydrogen (secondary N) is 1. The third-order valence-corrected chi connectivity index (χ3v) is 5.07. The van der Waals surface area contributed by atoms with Crippen molar-refractivity contribution >= 4 is 22.8 Å². The lowest BCUT2D eigenvalue weighted by molar-refractivity contribution is 0.157. The van der Waals surface area contributed by atoms with Crippen LogP contribution >= 0.6 is 0 Å². The number of nitrogens with zero attached hydrogens (tertiary/aromatic N) is 3. The Labute approximate surface area is 169 Å². The van der Waals surface area contributed by atoms with E-state index in [0.717, 1.165) is 23.9 Å². The number of ether oxygens (including phenoxy) is 1. The standard InChI is InChI=1S/C22H24N4O3/c1-3-29-22(28)26(15-10-11-23-13-15)21-16-9-8-14(2)12-18(16)24-20(25-21)17-6-4-5-7-19(17)27/h4-9,12,15,23,27H,3,10-11,13H2,1-2H3. The maximum absolute atomic E-state index is 12.9. The van der Waals surface area contributed by atoms with E-state index in [-0.39, 0.29) is 18.4 Å². The number of aromatic nitrogens is 2. The molecule has 1 aromatic heterocycles. The maximum Gasteiger partial charge on any atom is 0.415 e. The van der Waals surface area contributed by atoms with Crippen molar-refractivity contribution < 1.29 is 14.6 Å². The fourth-order valence-electron chi connectivity index (χ4n) is 3.65. The van der Waals surface area contributed by atoms with Crippen LogP contribution in [0.25, 0.3) is 22.3 Å². The third-order valence-electron chi connectivity index (χ3n) is 5.07. The van der Waals surface area contributed by atoms with Gasteiger partial charge >= 0.3 is 6.09 Å². The second-order valence-corrected chi connectivity index (χ2v) is 7.12. The highest BCUT2D eigenvalue weighted by molar-refractivity contribution is 6.00. The van der Waals surface area contributed by atoms with E-state index in [9.17, 15) is 9.90 Å². The molecule has 0 bridgehead atoms. The summed E-state index contributed by atoms with van der Waals surface area (Å²) in [5.41, 5.74) is 2.29. The summed E-state index contributed by atoms with van der Waals surface area (Å²) in [4.78, 5) is 24.0. The normalized spacial score (nSPS) is 16.1. The number of aromatic hydroxyl groups is 1. The lowest BCUT2D eigenvalue weighted by atomic mass is 10.1. The Morgan fingerprint density at radius 1 is 1.28 bits per heavy atom. The number of carbonyl (C=O) groups excluding carboxylic acids is 1. The van der Waals surface area contributed by atoms with Gasteiger partial charge in [0.25, 0.3) is 0 Å². The van der Waals surface area contributed by atoms with Crippen molar-refractivity contribution in [3.63, 3.8) is 0 Å². The van der Waals surface area contributed by atoms with Gasteiger partial charge in [0.15, 0.2) is 5.82 Å². The Morgan fingerprint density at radius 3 is 2.83 bits per heavy atom. The molecule has 1 aliphatic rings. The number of para-hydroxylation sites is 1. The number of hydrogen-bond donors (Lipinski definition) is 2. The lowest BCUT2D eigenvalue weighted by Gasteiger charge is -2.28. The van der Waals surface area contributed by atoms with Gasteiger partial charge in [-0.1, -0.05) is 18.2 Å². The molecule has 2 N–H and O–H groups in total. The molecule has 1 atom stereocenters. The zero-order valence-corrected chi connectivity index (χ0v) is 16.6. The van der Waals surface area contributed by atoms with Gasteiger partial charge in [0.2, 0.25) is 0 Å². The molecule has 0 saturated carbocycles. The monoisotopic (exact) mass is 392 g/mol. The van der Waals surface area contributed by atoms with Crippen LogP contribution in [-0.2, 0) is 4.74 Å². The van der Waals surface area contributed by atoms with Crippen LogP contribution in [-0.4, -0.2) is 46.9 Å². The van der Waals surface area contributed by atoms with Crippen LogP contribution in [0.1, 0.15) is 18.9 Å². The number of benzene rings is 2. The summed E-state index contributed by atoms with van der Waals surface area (Å²) >= 11 is 0. The van der Waals surface area contributed by atoms with Crippen LogP contribution in [0.3, 0.4) is 0 Å². The first-order valence-electron chi connectivity index (χ1n) is 9.82. The minimum absolute atomic E-state index is 0.0642. The number of anilines is 1. The fourth-order valence-corrected chi connectivity index (χ4v) is 3.65. The number of phenolic OH excluding ortho intramolecular Hbond substituents is 1. The van der Waals surface area contributed by atoms with Crippen molar-refractivity contribution in [3.05, 3.63) is 48.0 Å². The molecule has 2 heterocycles. The van der Waals surface area contributed by atoms with E-state index >= 15 is 0 Å². The molecule has 3 aromatic rings. The summed E-state index contributed by atoms with van der Waals surface area (Å²) in [5, 5.41) is 14.4. The predicted octanol–water partition coefficient (Wildman–Crippen LogP) is 3.64. The van der Waals surface area contributed by atoms with Gasteiger partial charge < -0.3 is 15.2 Å². The number of hydrogen-bond acceptors (Lipinski definition) is 6. The van der Waals surface area contributed by atoms with E-state index in [1.165, 1.54) is 0 Å². The van der Waals surface area contributed by atoms with Crippen LogP contribution in [0, 0.1) is 6.92 Å². The Bertz CT molecular complexity index is 1050. The van der Waals surface area contributed by atoms with E-state index in [4.69, 9.17) is 9.72 Å². The van der Waals surface area contributed by atoms with Gasteiger partial charge in [-0.15, -0.1) is 0 Å². The van der Waals surface area contributed by atoms with Gasteiger partial charge in [0.1, 0.15) is 11.6 Å². The number of amides is 1. The molecule has 150 valence electrons. The highest BCUT2D eigenvalue weighted by Crippen LogP contribution is 2.33. The summed E-state index contributed by atoms with van der Waals surface area (Å²) in [6.07, 6.45) is 0.382.